The Bertz CT molecular complexity index is 540. The van der Waals surface area contributed by atoms with Crippen LogP contribution < -0.4 is 0 Å². The lowest BCUT2D eigenvalue weighted by Gasteiger charge is -2.12. The molecule has 0 spiro atoms. The van der Waals surface area contributed by atoms with Crippen LogP contribution in [0.5, 0.6) is 0 Å². The van der Waals surface area contributed by atoms with E-state index in [2.05, 4.69) is 19.1 Å². The lowest BCUT2D eigenvalue weighted by atomic mass is 9.95. The third kappa shape index (κ3) is 8.50. The maximum Gasteiger partial charge on any atom is 0.227 e. The van der Waals surface area contributed by atoms with Crippen LogP contribution in [0.15, 0.2) is 35.3 Å². The van der Waals surface area contributed by atoms with Gasteiger partial charge in [-0.25, -0.2) is 0 Å². The van der Waals surface area contributed by atoms with Gasteiger partial charge in [-0.2, -0.15) is 0 Å². The third-order valence-corrected chi connectivity index (χ3v) is 4.73. The summed E-state index contributed by atoms with van der Waals surface area (Å²) in [7, 11) is 0. The molecule has 146 valence electrons. The maximum atomic E-state index is 11.7. The number of hydrogen-bond donors (Lipinski definition) is 2. The van der Waals surface area contributed by atoms with Crippen LogP contribution in [0, 0.1) is 0 Å². The summed E-state index contributed by atoms with van der Waals surface area (Å²) in [4.78, 5) is 23.2. The molecule has 0 atom stereocenters. The molecule has 0 saturated carbocycles. The molecule has 0 amide bonds. The van der Waals surface area contributed by atoms with Gasteiger partial charge in [0, 0.05) is 11.6 Å². The molecular formula is C22H34O4. The lowest BCUT2D eigenvalue weighted by molar-refractivity contribution is -0.119. The molecule has 0 unspecified atom stereocenters. The fourth-order valence-electron chi connectivity index (χ4n) is 3.10. The lowest BCUT2D eigenvalue weighted by Crippen LogP contribution is -2.19. The molecule has 0 aliphatic heterocycles. The number of unbranched alkanes of at least 4 members (excludes halogenated alkanes) is 10. The second-order valence-corrected chi connectivity index (χ2v) is 7.03. The number of carbonyl (C=O) groups is 2. The Morgan fingerprint density at radius 2 is 1.35 bits per heavy atom. The van der Waals surface area contributed by atoms with Crippen LogP contribution in [0.3, 0.4) is 0 Å². The molecule has 0 fully saturated rings. The second kappa shape index (κ2) is 13.4. The SMILES string of the molecule is CCCCCCCC/C=C\CCCCCCC1=C(O)C(=O)C=C(O)C1=O. The highest BCUT2D eigenvalue weighted by molar-refractivity contribution is 6.20. The van der Waals surface area contributed by atoms with Gasteiger partial charge in [-0.3, -0.25) is 9.59 Å². The molecule has 1 aliphatic rings. The van der Waals surface area contributed by atoms with Crippen LogP contribution in [0.25, 0.3) is 0 Å². The third-order valence-electron chi connectivity index (χ3n) is 4.73. The molecule has 0 aromatic carbocycles. The molecule has 0 saturated heterocycles. The van der Waals surface area contributed by atoms with E-state index >= 15 is 0 Å². The topological polar surface area (TPSA) is 74.6 Å². The molecule has 4 heteroatoms. The highest BCUT2D eigenvalue weighted by atomic mass is 16.3. The van der Waals surface area contributed by atoms with Crippen LogP contribution in [-0.4, -0.2) is 21.8 Å². The van der Waals surface area contributed by atoms with Crippen molar-refractivity contribution in [1.29, 1.82) is 0 Å². The molecule has 2 N–H and O–H groups in total. The number of rotatable bonds is 14. The molecule has 0 aromatic rings. The van der Waals surface area contributed by atoms with Crippen molar-refractivity contribution in [2.75, 3.05) is 0 Å². The number of hydrogen-bond acceptors (Lipinski definition) is 4. The van der Waals surface area contributed by atoms with Gasteiger partial charge in [0.1, 0.15) is 0 Å². The second-order valence-electron chi connectivity index (χ2n) is 7.03. The number of allylic oxidation sites excluding steroid dienone is 4. The Morgan fingerprint density at radius 1 is 0.808 bits per heavy atom. The van der Waals surface area contributed by atoms with E-state index in [0.717, 1.165) is 38.2 Å². The van der Waals surface area contributed by atoms with Crippen molar-refractivity contribution in [1.82, 2.24) is 0 Å². The number of aliphatic hydroxyl groups is 2. The number of aliphatic hydroxyl groups excluding tert-OH is 2. The highest BCUT2D eigenvalue weighted by Gasteiger charge is 2.27. The summed E-state index contributed by atoms with van der Waals surface area (Å²) in [5, 5.41) is 19.1. The molecule has 26 heavy (non-hydrogen) atoms. The molecule has 0 aromatic heterocycles. The van der Waals surface area contributed by atoms with Crippen LogP contribution in [0.1, 0.15) is 90.4 Å². The summed E-state index contributed by atoms with van der Waals surface area (Å²) < 4.78 is 0. The maximum absolute atomic E-state index is 11.7. The predicted octanol–water partition coefficient (Wildman–Crippen LogP) is 6.04. The first-order valence-electron chi connectivity index (χ1n) is 10.1. The number of Topliss-reactive ketones (excluding diaryl/α,β-unsaturated/α-hetero) is 1. The fourth-order valence-corrected chi connectivity index (χ4v) is 3.10. The van der Waals surface area contributed by atoms with Crippen molar-refractivity contribution in [3.05, 3.63) is 35.3 Å². The Morgan fingerprint density at radius 3 is 1.96 bits per heavy atom. The average Bonchev–Trinajstić information content (AvgIpc) is 2.62. The van der Waals surface area contributed by atoms with Crippen LogP contribution in [0.2, 0.25) is 0 Å². The fraction of sp³-hybridized carbons (Fsp3) is 0.636. The number of ketones is 2. The van der Waals surface area contributed by atoms with E-state index in [-0.39, 0.29) is 5.57 Å². The molecule has 0 heterocycles. The Labute approximate surface area is 157 Å². The standard InChI is InChI=1S/C22H34O4/c1-2-3-4-5-6-7-8-9-10-11-12-13-14-15-16-18-21(25)19(23)17-20(24)22(18)26/h9-10,17,23,26H,2-8,11-16H2,1H3/b10-9-. The molecule has 1 aliphatic carbocycles. The Hall–Kier alpha value is -1.84. The van der Waals surface area contributed by atoms with E-state index in [1.54, 1.807) is 0 Å². The van der Waals surface area contributed by atoms with E-state index in [1.165, 1.54) is 44.9 Å². The molecule has 4 nitrogen and oxygen atoms in total. The van der Waals surface area contributed by atoms with Gasteiger partial charge in [0.25, 0.3) is 0 Å². The monoisotopic (exact) mass is 362 g/mol. The van der Waals surface area contributed by atoms with E-state index in [9.17, 15) is 19.8 Å². The zero-order valence-corrected chi connectivity index (χ0v) is 16.1. The molecule has 1 rings (SSSR count). The van der Waals surface area contributed by atoms with Crippen LogP contribution in [0.4, 0.5) is 0 Å². The van der Waals surface area contributed by atoms with Gasteiger partial charge in [-0.1, -0.05) is 64.0 Å². The van der Waals surface area contributed by atoms with Gasteiger partial charge in [0.15, 0.2) is 11.5 Å². The first-order valence-corrected chi connectivity index (χ1v) is 10.1. The van der Waals surface area contributed by atoms with Gasteiger partial charge in [-0.15, -0.1) is 0 Å². The van der Waals surface area contributed by atoms with Crippen LogP contribution in [-0.2, 0) is 9.59 Å². The zero-order valence-electron chi connectivity index (χ0n) is 16.1. The van der Waals surface area contributed by atoms with Crippen molar-refractivity contribution >= 4 is 11.6 Å². The predicted molar refractivity (Wildman–Crippen MR) is 105 cm³/mol. The minimum absolute atomic E-state index is 0.0498. The van der Waals surface area contributed by atoms with Crippen molar-refractivity contribution < 1.29 is 19.8 Å². The van der Waals surface area contributed by atoms with Gasteiger partial charge in [0.2, 0.25) is 11.6 Å². The zero-order chi connectivity index (χ0) is 19.2. The van der Waals surface area contributed by atoms with Gasteiger partial charge >= 0.3 is 0 Å². The van der Waals surface area contributed by atoms with Crippen LogP contribution >= 0.6 is 0 Å². The highest BCUT2D eigenvalue weighted by Crippen LogP contribution is 2.22. The first kappa shape index (κ1) is 22.2. The summed E-state index contributed by atoms with van der Waals surface area (Å²) in [6.07, 6.45) is 19.7. The largest absolute Gasteiger partial charge is 0.504 e. The van der Waals surface area contributed by atoms with Crippen molar-refractivity contribution in [2.45, 2.75) is 90.4 Å². The molecule has 0 radical (unpaired) electrons. The molecule has 0 bridgehead atoms. The summed E-state index contributed by atoms with van der Waals surface area (Å²) in [6, 6.07) is 0. The first-order chi connectivity index (χ1) is 12.6. The van der Waals surface area contributed by atoms with Gasteiger partial charge in [0.05, 0.1) is 0 Å². The van der Waals surface area contributed by atoms with E-state index < -0.39 is 23.1 Å². The van der Waals surface area contributed by atoms with Crippen molar-refractivity contribution in [3.63, 3.8) is 0 Å². The van der Waals surface area contributed by atoms with Gasteiger partial charge < -0.3 is 10.2 Å². The van der Waals surface area contributed by atoms with Crippen molar-refractivity contribution in [2.24, 2.45) is 0 Å². The summed E-state index contributed by atoms with van der Waals surface area (Å²) in [6.45, 7) is 2.24. The molecular weight excluding hydrogens is 328 g/mol. The normalized spacial score (nSPS) is 15.2. The minimum Gasteiger partial charge on any atom is -0.504 e. The number of carbonyl (C=O) groups excluding carboxylic acids is 2. The average molecular weight is 363 g/mol. The van der Waals surface area contributed by atoms with E-state index in [0.29, 0.717) is 6.42 Å². The summed E-state index contributed by atoms with van der Waals surface area (Å²) in [5.74, 6) is -2.39. The summed E-state index contributed by atoms with van der Waals surface area (Å²) in [5.41, 5.74) is 0.0498. The Kier molecular flexibility index (Phi) is 11.4. The van der Waals surface area contributed by atoms with Crippen molar-refractivity contribution in [3.8, 4) is 0 Å². The summed E-state index contributed by atoms with van der Waals surface area (Å²) >= 11 is 0. The van der Waals surface area contributed by atoms with E-state index in [4.69, 9.17) is 0 Å². The van der Waals surface area contributed by atoms with Gasteiger partial charge in [-0.05, 0) is 38.5 Å². The quantitative estimate of drug-likeness (QED) is 0.224. The minimum atomic E-state index is -0.687. The Balaban J connectivity index is 2.03. The smallest absolute Gasteiger partial charge is 0.227 e. The van der Waals surface area contributed by atoms with E-state index in [1.807, 2.05) is 0 Å².